The predicted molar refractivity (Wildman–Crippen MR) is 105 cm³/mol. The van der Waals surface area contributed by atoms with E-state index in [2.05, 4.69) is 15.5 Å². The lowest BCUT2D eigenvalue weighted by Crippen LogP contribution is -2.15. The first-order chi connectivity index (χ1) is 12.9. The zero-order valence-corrected chi connectivity index (χ0v) is 16.3. The number of anilines is 1. The Morgan fingerprint density at radius 1 is 1.37 bits per heavy atom. The summed E-state index contributed by atoms with van der Waals surface area (Å²) in [6.07, 6.45) is 0.684. The second kappa shape index (κ2) is 8.31. The van der Waals surface area contributed by atoms with Gasteiger partial charge in [0.15, 0.2) is 5.16 Å². The van der Waals surface area contributed by atoms with Crippen molar-refractivity contribution in [1.29, 1.82) is 0 Å². The van der Waals surface area contributed by atoms with Gasteiger partial charge in [-0.3, -0.25) is 14.9 Å². The van der Waals surface area contributed by atoms with Gasteiger partial charge >= 0.3 is 0 Å². The topological polar surface area (TPSA) is 103 Å². The highest BCUT2D eigenvalue weighted by molar-refractivity contribution is 7.99. The van der Waals surface area contributed by atoms with Crippen molar-refractivity contribution in [2.75, 3.05) is 11.1 Å². The molecule has 0 aliphatic carbocycles. The average molecular weight is 403 g/mol. The van der Waals surface area contributed by atoms with E-state index in [1.165, 1.54) is 28.8 Å². The number of thiophene rings is 1. The summed E-state index contributed by atoms with van der Waals surface area (Å²) in [5.74, 6) is 0.556. The zero-order valence-electron chi connectivity index (χ0n) is 14.7. The number of carbonyl (C=O) groups is 1. The predicted octanol–water partition coefficient (Wildman–Crippen LogP) is 3.41. The SMILES string of the molecule is Cc1ccc(NC(=O)CSc2nnc(Cc3cccs3)n2C)c([N+](=O)[O-])c1. The fourth-order valence-corrected chi connectivity index (χ4v) is 3.84. The maximum atomic E-state index is 12.2. The number of aryl methyl sites for hydroxylation is 1. The quantitative estimate of drug-likeness (QED) is 0.368. The van der Waals surface area contributed by atoms with Crippen molar-refractivity contribution in [3.05, 3.63) is 62.1 Å². The number of benzene rings is 1. The standard InChI is InChI=1S/C17H17N5O3S2/c1-11-5-6-13(14(8-11)22(24)25)18-16(23)10-27-17-20-19-15(21(17)2)9-12-4-3-7-26-12/h3-8H,9-10H2,1-2H3,(H,18,23). The van der Waals surface area contributed by atoms with E-state index < -0.39 is 4.92 Å². The first-order valence-electron chi connectivity index (χ1n) is 8.02. The molecular formula is C17H17N5O3S2. The third-order valence-corrected chi connectivity index (χ3v) is 5.69. The van der Waals surface area contributed by atoms with Crippen LogP contribution in [0.3, 0.4) is 0 Å². The number of nitrogens with one attached hydrogen (secondary N) is 1. The molecule has 3 aromatic rings. The van der Waals surface area contributed by atoms with Gasteiger partial charge in [0.2, 0.25) is 5.91 Å². The normalized spacial score (nSPS) is 10.7. The van der Waals surface area contributed by atoms with Gasteiger partial charge in [-0.2, -0.15) is 0 Å². The molecule has 0 aliphatic rings. The van der Waals surface area contributed by atoms with Crippen molar-refractivity contribution < 1.29 is 9.72 Å². The minimum absolute atomic E-state index is 0.0794. The van der Waals surface area contributed by atoms with E-state index in [0.29, 0.717) is 11.6 Å². The van der Waals surface area contributed by atoms with Crippen LogP contribution in [-0.2, 0) is 18.3 Å². The number of nitro benzene ring substituents is 1. The van der Waals surface area contributed by atoms with Crippen LogP contribution in [0.15, 0.2) is 40.9 Å². The molecule has 10 heteroatoms. The first kappa shape index (κ1) is 19.1. The second-order valence-corrected chi connectivity index (χ2v) is 7.80. The highest BCUT2D eigenvalue weighted by Crippen LogP contribution is 2.26. The number of rotatable bonds is 7. The first-order valence-corrected chi connectivity index (χ1v) is 9.89. The fraction of sp³-hybridized carbons (Fsp3) is 0.235. The molecule has 0 spiro atoms. The molecule has 140 valence electrons. The molecule has 2 heterocycles. The number of thioether (sulfide) groups is 1. The van der Waals surface area contributed by atoms with Crippen molar-refractivity contribution in [2.45, 2.75) is 18.5 Å². The summed E-state index contributed by atoms with van der Waals surface area (Å²) in [6.45, 7) is 1.76. The molecule has 0 atom stereocenters. The van der Waals surface area contributed by atoms with Crippen molar-refractivity contribution in [1.82, 2.24) is 14.8 Å². The van der Waals surface area contributed by atoms with Crippen LogP contribution in [0.25, 0.3) is 0 Å². The lowest BCUT2D eigenvalue weighted by Gasteiger charge is -2.07. The molecule has 1 amide bonds. The summed E-state index contributed by atoms with van der Waals surface area (Å²) in [5.41, 5.74) is 0.823. The van der Waals surface area contributed by atoms with Gasteiger partial charge in [-0.15, -0.1) is 21.5 Å². The summed E-state index contributed by atoms with van der Waals surface area (Å²) in [6, 6.07) is 8.71. The van der Waals surface area contributed by atoms with Gasteiger partial charge < -0.3 is 9.88 Å². The Kier molecular flexibility index (Phi) is 5.87. The largest absolute Gasteiger partial charge is 0.320 e. The van der Waals surface area contributed by atoms with Gasteiger partial charge in [0, 0.05) is 24.4 Å². The molecule has 0 unspecified atom stereocenters. The van der Waals surface area contributed by atoms with Crippen molar-refractivity contribution in [3.63, 3.8) is 0 Å². The summed E-state index contributed by atoms with van der Waals surface area (Å²) in [5, 5.41) is 24.7. The van der Waals surface area contributed by atoms with Gasteiger partial charge in [-0.1, -0.05) is 23.9 Å². The van der Waals surface area contributed by atoms with Gasteiger partial charge in [0.1, 0.15) is 11.5 Å². The van der Waals surface area contributed by atoms with Crippen LogP contribution < -0.4 is 5.32 Å². The smallest absolute Gasteiger partial charge is 0.293 e. The van der Waals surface area contributed by atoms with Gasteiger partial charge in [0.25, 0.3) is 5.69 Å². The molecule has 0 saturated heterocycles. The summed E-state index contributed by atoms with van der Waals surface area (Å²) in [4.78, 5) is 24.0. The molecule has 0 saturated carbocycles. The van der Waals surface area contributed by atoms with Crippen LogP contribution in [-0.4, -0.2) is 31.3 Å². The second-order valence-electron chi connectivity index (χ2n) is 5.83. The van der Waals surface area contributed by atoms with Crippen LogP contribution in [0.4, 0.5) is 11.4 Å². The molecule has 0 bridgehead atoms. The third kappa shape index (κ3) is 4.72. The highest BCUT2D eigenvalue weighted by Gasteiger charge is 2.17. The number of hydrogen-bond donors (Lipinski definition) is 1. The number of amides is 1. The number of nitro groups is 1. The van der Waals surface area contributed by atoms with Crippen molar-refractivity contribution in [3.8, 4) is 0 Å². The molecule has 0 radical (unpaired) electrons. The Balaban J connectivity index is 1.62. The van der Waals surface area contributed by atoms with E-state index >= 15 is 0 Å². The number of carbonyl (C=O) groups excluding carboxylic acids is 1. The molecule has 2 aromatic heterocycles. The molecule has 3 rings (SSSR count). The molecule has 1 N–H and O–H groups in total. The minimum atomic E-state index is -0.505. The molecule has 0 aliphatic heterocycles. The van der Waals surface area contributed by atoms with E-state index in [1.807, 2.05) is 29.1 Å². The lowest BCUT2D eigenvalue weighted by atomic mass is 10.2. The average Bonchev–Trinajstić information content (AvgIpc) is 3.26. The maximum Gasteiger partial charge on any atom is 0.293 e. The van der Waals surface area contributed by atoms with E-state index in [4.69, 9.17) is 0 Å². The molecular weight excluding hydrogens is 386 g/mol. The van der Waals surface area contributed by atoms with Crippen molar-refractivity contribution >= 4 is 40.4 Å². The van der Waals surface area contributed by atoms with Crippen LogP contribution >= 0.6 is 23.1 Å². The lowest BCUT2D eigenvalue weighted by molar-refractivity contribution is -0.384. The monoisotopic (exact) mass is 403 g/mol. The number of aromatic nitrogens is 3. The maximum absolute atomic E-state index is 12.2. The van der Waals surface area contributed by atoms with Crippen LogP contribution in [0.1, 0.15) is 16.3 Å². The van der Waals surface area contributed by atoms with E-state index in [9.17, 15) is 14.9 Å². The van der Waals surface area contributed by atoms with Gasteiger partial charge in [-0.05, 0) is 30.0 Å². The van der Waals surface area contributed by atoms with Crippen LogP contribution in [0.5, 0.6) is 0 Å². The molecule has 27 heavy (non-hydrogen) atoms. The van der Waals surface area contributed by atoms with E-state index in [1.54, 1.807) is 24.3 Å². The summed E-state index contributed by atoms with van der Waals surface area (Å²) >= 11 is 2.89. The molecule has 0 fully saturated rings. The van der Waals surface area contributed by atoms with Crippen molar-refractivity contribution in [2.24, 2.45) is 7.05 Å². The fourth-order valence-electron chi connectivity index (χ4n) is 2.41. The van der Waals surface area contributed by atoms with Gasteiger partial charge in [0.05, 0.1) is 10.7 Å². The Morgan fingerprint density at radius 3 is 2.89 bits per heavy atom. The Morgan fingerprint density at radius 2 is 2.19 bits per heavy atom. The Hall–Kier alpha value is -2.72. The van der Waals surface area contributed by atoms with E-state index in [0.717, 1.165) is 11.4 Å². The third-order valence-electron chi connectivity index (χ3n) is 3.79. The van der Waals surface area contributed by atoms with Gasteiger partial charge in [-0.25, -0.2) is 0 Å². The van der Waals surface area contributed by atoms with Crippen LogP contribution in [0, 0.1) is 17.0 Å². The molecule has 1 aromatic carbocycles. The Bertz CT molecular complexity index is 969. The van der Waals surface area contributed by atoms with Crippen LogP contribution in [0.2, 0.25) is 0 Å². The number of hydrogen-bond acceptors (Lipinski definition) is 7. The van der Waals surface area contributed by atoms with E-state index in [-0.39, 0.29) is 23.0 Å². The highest BCUT2D eigenvalue weighted by atomic mass is 32.2. The molecule has 8 nitrogen and oxygen atoms in total. The number of nitrogens with zero attached hydrogens (tertiary/aromatic N) is 4. The zero-order chi connectivity index (χ0) is 19.4. The Labute approximate surface area is 163 Å². The summed E-state index contributed by atoms with van der Waals surface area (Å²) in [7, 11) is 1.86. The minimum Gasteiger partial charge on any atom is -0.320 e. The summed E-state index contributed by atoms with van der Waals surface area (Å²) < 4.78 is 1.85.